The van der Waals surface area contributed by atoms with E-state index >= 15 is 0 Å². The van der Waals surface area contributed by atoms with Crippen molar-refractivity contribution in [1.82, 2.24) is 25.1 Å². The van der Waals surface area contributed by atoms with Gasteiger partial charge in [0, 0.05) is 37.5 Å². The highest BCUT2D eigenvalue weighted by molar-refractivity contribution is 7.22. The summed E-state index contributed by atoms with van der Waals surface area (Å²) in [6.07, 6.45) is 5.41. The molecule has 0 aliphatic carbocycles. The van der Waals surface area contributed by atoms with Gasteiger partial charge in [0.25, 0.3) is 0 Å². The first-order valence-electron chi connectivity index (χ1n) is 9.34. The highest BCUT2D eigenvalue weighted by atomic mass is 32.1. The molecule has 9 heteroatoms. The van der Waals surface area contributed by atoms with Gasteiger partial charge in [-0.15, -0.1) is 0 Å². The van der Waals surface area contributed by atoms with Crippen molar-refractivity contribution in [3.8, 4) is 11.3 Å². The summed E-state index contributed by atoms with van der Waals surface area (Å²) in [5, 5.41) is 7.65. The number of ether oxygens (including phenoxy) is 1. The van der Waals surface area contributed by atoms with E-state index in [9.17, 15) is 4.79 Å². The number of fused-ring (bicyclic) bond motifs is 1. The summed E-state index contributed by atoms with van der Waals surface area (Å²) in [5.74, 6) is -0.0468. The van der Waals surface area contributed by atoms with Crippen LogP contribution in [0, 0.1) is 0 Å². The average Bonchev–Trinajstić information content (AvgIpc) is 3.44. The lowest BCUT2D eigenvalue weighted by atomic mass is 10.1. The highest BCUT2D eigenvalue weighted by Crippen LogP contribution is 2.29. The van der Waals surface area contributed by atoms with Crippen molar-refractivity contribution in [1.29, 1.82) is 0 Å². The normalized spacial score (nSPS) is 14.4. The minimum atomic E-state index is -0.0468. The van der Waals surface area contributed by atoms with Gasteiger partial charge in [0.05, 0.1) is 29.8 Å². The topological polar surface area (TPSA) is 96.9 Å². The molecule has 8 nitrogen and oxygen atoms in total. The second-order valence-electron chi connectivity index (χ2n) is 6.76. The fourth-order valence-corrected chi connectivity index (χ4v) is 4.29. The van der Waals surface area contributed by atoms with E-state index in [1.165, 1.54) is 0 Å². The summed E-state index contributed by atoms with van der Waals surface area (Å²) in [6, 6.07) is 7.43. The monoisotopic (exact) mass is 406 g/mol. The van der Waals surface area contributed by atoms with Gasteiger partial charge < -0.3 is 9.64 Å². The van der Waals surface area contributed by atoms with Crippen LogP contribution in [0.4, 0.5) is 5.13 Å². The van der Waals surface area contributed by atoms with Crippen molar-refractivity contribution < 1.29 is 9.53 Å². The summed E-state index contributed by atoms with van der Waals surface area (Å²) in [6.45, 7) is 3.11. The molecule has 4 aromatic rings. The van der Waals surface area contributed by atoms with E-state index in [2.05, 4.69) is 30.0 Å². The number of anilines is 1. The number of thiazole rings is 1. The predicted molar refractivity (Wildman–Crippen MR) is 110 cm³/mol. The Morgan fingerprint density at radius 1 is 1.21 bits per heavy atom. The van der Waals surface area contributed by atoms with Crippen molar-refractivity contribution in [2.75, 3.05) is 31.2 Å². The quantitative estimate of drug-likeness (QED) is 0.509. The number of nitrogens with zero attached hydrogens (tertiary/aromatic N) is 5. The van der Waals surface area contributed by atoms with Crippen LogP contribution in [-0.2, 0) is 11.2 Å². The number of pyridine rings is 2. The molecule has 1 saturated heterocycles. The number of hydrogen-bond donors (Lipinski definition) is 1. The Bertz CT molecular complexity index is 1150. The molecule has 0 radical (unpaired) electrons. The zero-order valence-corrected chi connectivity index (χ0v) is 16.4. The van der Waals surface area contributed by atoms with Gasteiger partial charge >= 0.3 is 0 Å². The molecule has 5 rings (SSSR count). The molecule has 0 aromatic carbocycles. The molecule has 146 valence electrons. The van der Waals surface area contributed by atoms with Crippen LogP contribution in [0.5, 0.6) is 0 Å². The molecule has 4 aromatic heterocycles. The fraction of sp³-hybridized carbons (Fsp3) is 0.250. The summed E-state index contributed by atoms with van der Waals surface area (Å²) < 4.78 is 6.39. The van der Waals surface area contributed by atoms with Gasteiger partial charge in [-0.25, -0.2) is 9.97 Å². The van der Waals surface area contributed by atoms with Crippen LogP contribution in [-0.4, -0.2) is 57.2 Å². The third-order valence-electron chi connectivity index (χ3n) is 4.77. The third kappa shape index (κ3) is 3.74. The van der Waals surface area contributed by atoms with Gasteiger partial charge in [0.15, 0.2) is 16.6 Å². The van der Waals surface area contributed by atoms with Crippen LogP contribution in [0.15, 0.2) is 42.9 Å². The van der Waals surface area contributed by atoms with Gasteiger partial charge in [-0.2, -0.15) is 10.1 Å². The Balaban J connectivity index is 1.36. The molecule has 0 spiro atoms. The zero-order valence-electron chi connectivity index (χ0n) is 15.5. The SMILES string of the molecule is O=C(Cc1cnc2nc(N3CCOCC3)sc2c1)c1cccc(-c2cn[nH]c2)n1. The second kappa shape index (κ2) is 7.69. The number of H-pyrrole nitrogens is 1. The second-order valence-corrected chi connectivity index (χ2v) is 7.77. The average molecular weight is 406 g/mol. The van der Waals surface area contributed by atoms with Gasteiger partial charge in [-0.3, -0.25) is 9.89 Å². The van der Waals surface area contributed by atoms with E-state index in [0.29, 0.717) is 24.6 Å². The standard InChI is InChI=1S/C20H18N6O2S/c27-17(16-3-1-2-15(24-16)14-11-22-23-12-14)8-13-9-18-19(21-10-13)25-20(29-18)26-4-6-28-7-5-26/h1-3,9-12H,4-8H2,(H,22,23). The molecule has 1 fully saturated rings. The van der Waals surface area contributed by atoms with Crippen molar-refractivity contribution in [2.24, 2.45) is 0 Å². The van der Waals surface area contributed by atoms with Crippen LogP contribution in [0.1, 0.15) is 16.1 Å². The smallest absolute Gasteiger partial charge is 0.188 e. The number of aromatic amines is 1. The lowest BCUT2D eigenvalue weighted by Gasteiger charge is -2.25. The first-order chi connectivity index (χ1) is 14.3. The molecule has 29 heavy (non-hydrogen) atoms. The van der Waals surface area contributed by atoms with Crippen molar-refractivity contribution in [2.45, 2.75) is 6.42 Å². The summed E-state index contributed by atoms with van der Waals surface area (Å²) in [7, 11) is 0. The molecular formula is C20H18N6O2S. The number of aromatic nitrogens is 5. The van der Waals surface area contributed by atoms with E-state index < -0.39 is 0 Å². The lowest BCUT2D eigenvalue weighted by Crippen LogP contribution is -2.36. The fourth-order valence-electron chi connectivity index (χ4n) is 3.25. The summed E-state index contributed by atoms with van der Waals surface area (Å²) in [4.78, 5) is 28.6. The number of Topliss-reactive ketones (excluding diaryl/α,β-unsaturated/α-hetero) is 1. The molecule has 0 unspecified atom stereocenters. The van der Waals surface area contributed by atoms with Gasteiger partial charge in [-0.05, 0) is 23.8 Å². The molecule has 1 aliphatic heterocycles. The maximum atomic E-state index is 12.8. The maximum absolute atomic E-state index is 12.8. The lowest BCUT2D eigenvalue weighted by molar-refractivity contribution is 0.0988. The number of ketones is 1. The minimum absolute atomic E-state index is 0.0468. The van der Waals surface area contributed by atoms with E-state index in [4.69, 9.17) is 4.74 Å². The molecule has 1 aliphatic rings. The highest BCUT2D eigenvalue weighted by Gasteiger charge is 2.17. The van der Waals surface area contributed by atoms with Crippen molar-refractivity contribution in [3.63, 3.8) is 0 Å². The van der Waals surface area contributed by atoms with Gasteiger partial charge in [0.2, 0.25) is 0 Å². The number of carbonyl (C=O) groups excluding carboxylic acids is 1. The molecule has 0 atom stereocenters. The van der Waals surface area contributed by atoms with E-state index in [1.54, 1.807) is 36.0 Å². The Hall–Kier alpha value is -3.17. The Morgan fingerprint density at radius 3 is 2.93 bits per heavy atom. The minimum Gasteiger partial charge on any atom is -0.378 e. The van der Waals surface area contributed by atoms with E-state index in [-0.39, 0.29) is 12.2 Å². The molecular weight excluding hydrogens is 388 g/mol. The third-order valence-corrected chi connectivity index (χ3v) is 5.82. The molecule has 0 bridgehead atoms. The van der Waals surface area contributed by atoms with Crippen molar-refractivity contribution in [3.05, 3.63) is 54.1 Å². The maximum Gasteiger partial charge on any atom is 0.188 e. The van der Waals surface area contributed by atoms with Gasteiger partial charge in [-0.1, -0.05) is 17.4 Å². The van der Waals surface area contributed by atoms with E-state index in [1.807, 2.05) is 18.2 Å². The Morgan fingerprint density at radius 2 is 2.10 bits per heavy atom. The zero-order chi connectivity index (χ0) is 19.6. The number of rotatable bonds is 5. The summed E-state index contributed by atoms with van der Waals surface area (Å²) >= 11 is 1.60. The van der Waals surface area contributed by atoms with Crippen LogP contribution in [0.3, 0.4) is 0 Å². The Labute approximate surface area is 170 Å². The molecule has 0 saturated carbocycles. The molecule has 1 N–H and O–H groups in total. The van der Waals surface area contributed by atoms with Crippen LogP contribution in [0.25, 0.3) is 21.6 Å². The first kappa shape index (κ1) is 17.9. The Kier molecular flexibility index (Phi) is 4.74. The first-order valence-corrected chi connectivity index (χ1v) is 10.2. The summed E-state index contributed by atoms with van der Waals surface area (Å²) in [5.41, 5.74) is 3.57. The van der Waals surface area contributed by atoms with E-state index in [0.717, 1.165) is 39.7 Å². The molecule has 0 amide bonds. The number of hydrogen-bond acceptors (Lipinski definition) is 8. The van der Waals surface area contributed by atoms with Crippen molar-refractivity contribution >= 4 is 32.6 Å². The number of morpholine rings is 1. The largest absolute Gasteiger partial charge is 0.378 e. The van der Waals surface area contributed by atoms with Crippen LogP contribution in [0.2, 0.25) is 0 Å². The van der Waals surface area contributed by atoms with Gasteiger partial charge in [0.1, 0.15) is 5.69 Å². The van der Waals surface area contributed by atoms with Crippen LogP contribution >= 0.6 is 11.3 Å². The predicted octanol–water partition coefficient (Wildman–Crippen LogP) is 2.74. The number of nitrogens with one attached hydrogen (secondary N) is 1. The molecule has 5 heterocycles. The van der Waals surface area contributed by atoms with Crippen LogP contribution < -0.4 is 4.90 Å². The number of carbonyl (C=O) groups is 1.